The van der Waals surface area contributed by atoms with Gasteiger partial charge < -0.3 is 9.84 Å². The summed E-state index contributed by atoms with van der Waals surface area (Å²) in [4.78, 5) is 1.45. The highest BCUT2D eigenvalue weighted by Crippen LogP contribution is 2.31. The van der Waals surface area contributed by atoms with Gasteiger partial charge in [0.2, 0.25) is 0 Å². The molecule has 0 saturated carbocycles. The Morgan fingerprint density at radius 3 is 2.93 bits per heavy atom. The summed E-state index contributed by atoms with van der Waals surface area (Å²) in [7, 11) is 0. The fraction of sp³-hybridized carbons (Fsp3) is 0.636. The third-order valence-electron chi connectivity index (χ3n) is 2.63. The molecule has 0 spiro atoms. The molecule has 2 heterocycles. The molecular weight excluding hydrogens is 228 g/mol. The minimum Gasteiger partial charge on any atom is -0.396 e. The molecular formula is C11H16O2S2. The minimum atomic E-state index is 0.0696. The van der Waals surface area contributed by atoms with Crippen LogP contribution in [0, 0.1) is 5.41 Å². The van der Waals surface area contributed by atoms with Crippen LogP contribution in [0.1, 0.15) is 4.88 Å². The molecule has 0 aromatic carbocycles. The molecule has 0 radical (unpaired) electrons. The van der Waals surface area contributed by atoms with Crippen LogP contribution < -0.4 is 0 Å². The molecule has 1 aromatic rings. The first kappa shape index (κ1) is 11.5. The Morgan fingerprint density at radius 2 is 2.40 bits per heavy atom. The second-order valence-electron chi connectivity index (χ2n) is 4.03. The van der Waals surface area contributed by atoms with Crippen molar-refractivity contribution < 1.29 is 9.84 Å². The van der Waals surface area contributed by atoms with Crippen LogP contribution in [0.3, 0.4) is 0 Å². The Kier molecular flexibility index (Phi) is 4.08. The van der Waals surface area contributed by atoms with Gasteiger partial charge in [-0.2, -0.15) is 11.8 Å². The van der Waals surface area contributed by atoms with Gasteiger partial charge in [-0.05, 0) is 23.6 Å². The largest absolute Gasteiger partial charge is 0.396 e. The van der Waals surface area contributed by atoms with Crippen LogP contribution >= 0.6 is 23.1 Å². The van der Waals surface area contributed by atoms with Crippen molar-refractivity contribution in [1.82, 2.24) is 0 Å². The molecule has 1 N–H and O–H groups in total. The van der Waals surface area contributed by atoms with E-state index in [2.05, 4.69) is 17.5 Å². The maximum Gasteiger partial charge on any atom is 0.0575 e. The molecule has 84 valence electrons. The van der Waals surface area contributed by atoms with Crippen molar-refractivity contribution in [3.05, 3.63) is 22.4 Å². The third-order valence-corrected chi connectivity index (χ3v) is 4.88. The van der Waals surface area contributed by atoms with Gasteiger partial charge in [-0.3, -0.25) is 0 Å². The van der Waals surface area contributed by atoms with Gasteiger partial charge in [0.1, 0.15) is 0 Å². The average Bonchev–Trinajstić information content (AvgIpc) is 2.68. The summed E-state index contributed by atoms with van der Waals surface area (Å²) in [5.41, 5.74) is 0.0696. The summed E-state index contributed by atoms with van der Waals surface area (Å²) in [6, 6.07) is 4.28. The van der Waals surface area contributed by atoms with Crippen LogP contribution in [0.2, 0.25) is 0 Å². The number of thiophene rings is 1. The Morgan fingerprint density at radius 1 is 1.53 bits per heavy atom. The molecule has 1 aliphatic heterocycles. The van der Waals surface area contributed by atoms with E-state index in [9.17, 15) is 5.11 Å². The zero-order valence-electron chi connectivity index (χ0n) is 8.65. The van der Waals surface area contributed by atoms with E-state index < -0.39 is 0 Å². The number of ether oxygens (including phenoxy) is 1. The molecule has 0 amide bonds. The number of rotatable bonds is 6. The van der Waals surface area contributed by atoms with E-state index in [1.807, 2.05) is 23.1 Å². The van der Waals surface area contributed by atoms with Gasteiger partial charge in [0.25, 0.3) is 0 Å². The minimum absolute atomic E-state index is 0.0696. The van der Waals surface area contributed by atoms with Crippen molar-refractivity contribution >= 4 is 23.1 Å². The van der Waals surface area contributed by atoms with Gasteiger partial charge in [0, 0.05) is 16.0 Å². The summed E-state index contributed by atoms with van der Waals surface area (Å²) in [5, 5.41) is 11.3. The first-order chi connectivity index (χ1) is 7.35. The lowest BCUT2D eigenvalue weighted by atomic mass is 9.90. The van der Waals surface area contributed by atoms with Crippen LogP contribution in [0.25, 0.3) is 0 Å². The highest BCUT2D eigenvalue weighted by Gasteiger charge is 2.37. The Bertz CT molecular complexity index is 275. The monoisotopic (exact) mass is 244 g/mol. The van der Waals surface area contributed by atoms with Crippen LogP contribution in [0.4, 0.5) is 0 Å². The van der Waals surface area contributed by atoms with E-state index in [0.29, 0.717) is 0 Å². The van der Waals surface area contributed by atoms with Gasteiger partial charge in [-0.1, -0.05) is 6.07 Å². The maximum absolute atomic E-state index is 9.23. The molecule has 2 nitrogen and oxygen atoms in total. The number of thioether (sulfide) groups is 1. The second kappa shape index (κ2) is 5.34. The van der Waals surface area contributed by atoms with Crippen molar-refractivity contribution in [2.45, 2.75) is 6.42 Å². The van der Waals surface area contributed by atoms with E-state index in [1.165, 1.54) is 4.88 Å². The van der Waals surface area contributed by atoms with Crippen molar-refractivity contribution in [1.29, 1.82) is 0 Å². The number of aliphatic hydroxyl groups is 1. The highest BCUT2D eigenvalue weighted by atomic mass is 32.2. The predicted octanol–water partition coefficient (Wildman–Crippen LogP) is 2.03. The SMILES string of the molecule is OCC1(CSCCc2cccs2)COC1. The van der Waals surface area contributed by atoms with Crippen LogP contribution in [-0.2, 0) is 11.2 Å². The molecule has 0 aliphatic carbocycles. The first-order valence-corrected chi connectivity index (χ1v) is 7.17. The van der Waals surface area contributed by atoms with E-state index in [0.717, 1.165) is 31.1 Å². The molecule has 4 heteroatoms. The zero-order chi connectivity index (χ0) is 10.6. The van der Waals surface area contributed by atoms with E-state index in [1.54, 1.807) is 0 Å². The normalized spacial score (nSPS) is 18.7. The average molecular weight is 244 g/mol. The standard InChI is InChI=1S/C11H16O2S2/c12-6-11(7-13-8-11)9-14-5-3-10-2-1-4-15-10/h1-2,4,12H,3,5-9H2. The molecule has 0 unspecified atom stereocenters. The van der Waals surface area contributed by atoms with Gasteiger partial charge in [-0.15, -0.1) is 11.3 Å². The molecule has 0 bridgehead atoms. The van der Waals surface area contributed by atoms with E-state index in [4.69, 9.17) is 4.74 Å². The van der Waals surface area contributed by atoms with Gasteiger partial charge in [-0.25, -0.2) is 0 Å². The lowest BCUT2D eigenvalue weighted by molar-refractivity contribution is -0.121. The summed E-state index contributed by atoms with van der Waals surface area (Å²) >= 11 is 3.74. The summed E-state index contributed by atoms with van der Waals surface area (Å²) < 4.78 is 5.16. The maximum atomic E-state index is 9.23. The second-order valence-corrected chi connectivity index (χ2v) is 6.17. The molecule has 0 atom stereocenters. The molecule has 2 rings (SSSR count). The summed E-state index contributed by atoms with van der Waals surface area (Å²) in [5.74, 6) is 2.16. The lowest BCUT2D eigenvalue weighted by Gasteiger charge is -2.39. The number of hydrogen-bond acceptors (Lipinski definition) is 4. The Balaban J connectivity index is 1.62. The first-order valence-electron chi connectivity index (χ1n) is 5.13. The number of aliphatic hydroxyl groups excluding tert-OH is 1. The lowest BCUT2D eigenvalue weighted by Crippen LogP contribution is -2.47. The van der Waals surface area contributed by atoms with Crippen molar-refractivity contribution in [2.24, 2.45) is 5.41 Å². The third kappa shape index (κ3) is 2.97. The van der Waals surface area contributed by atoms with Crippen LogP contribution in [-0.4, -0.2) is 36.4 Å². The molecule has 1 aromatic heterocycles. The van der Waals surface area contributed by atoms with Gasteiger partial charge in [0.05, 0.1) is 19.8 Å². The van der Waals surface area contributed by atoms with Crippen LogP contribution in [0.15, 0.2) is 17.5 Å². The number of hydrogen-bond donors (Lipinski definition) is 1. The highest BCUT2D eigenvalue weighted by molar-refractivity contribution is 7.99. The number of aryl methyl sites for hydroxylation is 1. The molecule has 15 heavy (non-hydrogen) atoms. The fourth-order valence-electron chi connectivity index (χ4n) is 1.53. The Labute approximate surface area is 98.7 Å². The quantitative estimate of drug-likeness (QED) is 0.777. The zero-order valence-corrected chi connectivity index (χ0v) is 10.3. The summed E-state index contributed by atoms with van der Waals surface area (Å²) in [6.07, 6.45) is 1.14. The van der Waals surface area contributed by atoms with E-state index in [-0.39, 0.29) is 12.0 Å². The van der Waals surface area contributed by atoms with Crippen LogP contribution in [0.5, 0.6) is 0 Å². The van der Waals surface area contributed by atoms with Crippen molar-refractivity contribution in [2.75, 3.05) is 31.3 Å². The topological polar surface area (TPSA) is 29.5 Å². The van der Waals surface area contributed by atoms with Gasteiger partial charge in [0.15, 0.2) is 0 Å². The van der Waals surface area contributed by atoms with E-state index >= 15 is 0 Å². The summed E-state index contributed by atoms with van der Waals surface area (Å²) in [6.45, 7) is 1.73. The van der Waals surface area contributed by atoms with Crippen molar-refractivity contribution in [3.63, 3.8) is 0 Å². The molecule has 1 saturated heterocycles. The molecule has 1 fully saturated rings. The predicted molar refractivity (Wildman–Crippen MR) is 65.7 cm³/mol. The van der Waals surface area contributed by atoms with Crippen molar-refractivity contribution in [3.8, 4) is 0 Å². The fourth-order valence-corrected chi connectivity index (χ4v) is 3.57. The smallest absolute Gasteiger partial charge is 0.0575 e. The van der Waals surface area contributed by atoms with Gasteiger partial charge >= 0.3 is 0 Å². The Hall–Kier alpha value is -0.0300. The molecule has 1 aliphatic rings.